The SMILES string of the molecule is O=c1c([N+](=O)[O-])c(Sc2nnnn2Cc2cccs2)nc2ccccn12. The fourth-order valence-corrected chi connectivity index (χ4v) is 3.83. The van der Waals surface area contributed by atoms with Crippen molar-refractivity contribution in [1.82, 2.24) is 29.6 Å². The number of aromatic nitrogens is 6. The summed E-state index contributed by atoms with van der Waals surface area (Å²) in [4.78, 5) is 28.5. The lowest BCUT2D eigenvalue weighted by atomic mass is 10.4. The van der Waals surface area contributed by atoms with E-state index < -0.39 is 16.2 Å². The molecule has 0 N–H and O–H groups in total. The normalized spacial score (nSPS) is 11.1. The monoisotopic (exact) mass is 387 g/mol. The van der Waals surface area contributed by atoms with Gasteiger partial charge in [-0.1, -0.05) is 12.1 Å². The third kappa shape index (κ3) is 2.95. The van der Waals surface area contributed by atoms with Crippen molar-refractivity contribution in [2.75, 3.05) is 0 Å². The van der Waals surface area contributed by atoms with Crippen LogP contribution in [0.3, 0.4) is 0 Å². The molecule has 0 aliphatic heterocycles. The Morgan fingerprint density at radius 3 is 2.92 bits per heavy atom. The van der Waals surface area contributed by atoms with Crippen molar-refractivity contribution in [3.05, 3.63) is 67.3 Å². The van der Waals surface area contributed by atoms with E-state index in [2.05, 4.69) is 20.5 Å². The minimum Gasteiger partial charge on any atom is -0.262 e. The number of nitrogens with zero attached hydrogens (tertiary/aromatic N) is 7. The molecule has 10 nitrogen and oxygen atoms in total. The second kappa shape index (κ2) is 6.65. The Labute approximate surface area is 153 Å². The van der Waals surface area contributed by atoms with Gasteiger partial charge in [-0.25, -0.2) is 9.67 Å². The fourth-order valence-electron chi connectivity index (χ4n) is 2.29. The Balaban J connectivity index is 1.78. The molecule has 12 heteroatoms. The Morgan fingerprint density at radius 1 is 1.27 bits per heavy atom. The molecule has 0 saturated heterocycles. The van der Waals surface area contributed by atoms with Gasteiger partial charge in [-0.05, 0) is 45.8 Å². The van der Waals surface area contributed by atoms with E-state index >= 15 is 0 Å². The zero-order valence-electron chi connectivity index (χ0n) is 12.9. The molecule has 0 unspecified atom stereocenters. The van der Waals surface area contributed by atoms with Crippen LogP contribution in [0.5, 0.6) is 0 Å². The number of hydrogen-bond donors (Lipinski definition) is 0. The predicted octanol–water partition coefficient (Wildman–Crippen LogP) is 1.85. The van der Waals surface area contributed by atoms with Crippen LogP contribution in [0.1, 0.15) is 4.88 Å². The van der Waals surface area contributed by atoms with Crippen molar-refractivity contribution in [3.8, 4) is 0 Å². The summed E-state index contributed by atoms with van der Waals surface area (Å²) in [6.45, 7) is 0.424. The van der Waals surface area contributed by atoms with Crippen LogP contribution in [0.2, 0.25) is 0 Å². The summed E-state index contributed by atoms with van der Waals surface area (Å²) >= 11 is 2.44. The summed E-state index contributed by atoms with van der Waals surface area (Å²) in [5, 5.41) is 25.1. The third-order valence-corrected chi connectivity index (χ3v) is 5.25. The standard InChI is InChI=1S/C14H9N7O3S2/c22-13-11(21(23)24)12(15-10-5-1-2-6-19(10)13)26-14-16-17-18-20(14)8-9-4-3-7-25-9/h1-7H,8H2. The summed E-state index contributed by atoms with van der Waals surface area (Å²) in [6, 6.07) is 8.75. The van der Waals surface area contributed by atoms with Gasteiger partial charge in [0.1, 0.15) is 5.65 Å². The van der Waals surface area contributed by atoms with Gasteiger partial charge in [0.2, 0.25) is 5.16 Å². The van der Waals surface area contributed by atoms with Crippen molar-refractivity contribution >= 4 is 34.4 Å². The maximum atomic E-state index is 12.5. The highest BCUT2D eigenvalue weighted by molar-refractivity contribution is 7.99. The van der Waals surface area contributed by atoms with Gasteiger partial charge in [-0.2, -0.15) is 0 Å². The van der Waals surface area contributed by atoms with Gasteiger partial charge >= 0.3 is 11.2 Å². The van der Waals surface area contributed by atoms with Crippen LogP contribution in [0.25, 0.3) is 5.65 Å². The minimum atomic E-state index is -0.750. The van der Waals surface area contributed by atoms with Gasteiger partial charge < -0.3 is 0 Å². The number of fused-ring (bicyclic) bond motifs is 1. The zero-order chi connectivity index (χ0) is 18.1. The van der Waals surface area contributed by atoms with E-state index in [1.165, 1.54) is 10.9 Å². The maximum absolute atomic E-state index is 12.5. The molecule has 0 amide bonds. The van der Waals surface area contributed by atoms with Crippen LogP contribution in [0.4, 0.5) is 5.69 Å². The number of hydrogen-bond acceptors (Lipinski definition) is 9. The van der Waals surface area contributed by atoms with Crippen LogP contribution in [-0.4, -0.2) is 34.5 Å². The maximum Gasteiger partial charge on any atom is 0.366 e. The van der Waals surface area contributed by atoms with E-state index in [1.807, 2.05) is 17.5 Å². The number of rotatable bonds is 5. The van der Waals surface area contributed by atoms with Gasteiger partial charge in [0.05, 0.1) is 11.5 Å². The topological polar surface area (TPSA) is 121 Å². The molecule has 0 aliphatic rings. The van der Waals surface area contributed by atoms with Gasteiger partial charge in [0.15, 0.2) is 5.03 Å². The molecule has 4 rings (SSSR count). The Kier molecular flexibility index (Phi) is 4.18. The van der Waals surface area contributed by atoms with Gasteiger partial charge in [0.25, 0.3) is 0 Å². The highest BCUT2D eigenvalue weighted by Gasteiger charge is 2.26. The van der Waals surface area contributed by atoms with Crippen molar-refractivity contribution < 1.29 is 4.92 Å². The van der Waals surface area contributed by atoms with E-state index in [-0.39, 0.29) is 5.03 Å². The van der Waals surface area contributed by atoms with Crippen LogP contribution < -0.4 is 5.56 Å². The Morgan fingerprint density at radius 2 is 2.15 bits per heavy atom. The van der Waals surface area contributed by atoms with Gasteiger partial charge in [0, 0.05) is 11.1 Å². The molecule has 4 aromatic rings. The van der Waals surface area contributed by atoms with Crippen molar-refractivity contribution in [3.63, 3.8) is 0 Å². The van der Waals surface area contributed by atoms with Gasteiger partial charge in [-0.15, -0.1) is 16.4 Å². The number of thiophene rings is 1. The summed E-state index contributed by atoms with van der Waals surface area (Å²) in [5.41, 5.74) is -1.05. The number of tetrazole rings is 1. The quantitative estimate of drug-likeness (QED) is 0.289. The van der Waals surface area contributed by atoms with Crippen LogP contribution in [-0.2, 0) is 6.54 Å². The van der Waals surface area contributed by atoms with Crippen molar-refractivity contribution in [2.45, 2.75) is 16.7 Å². The van der Waals surface area contributed by atoms with E-state index in [9.17, 15) is 14.9 Å². The summed E-state index contributed by atoms with van der Waals surface area (Å²) in [7, 11) is 0. The first-order chi connectivity index (χ1) is 12.6. The molecular formula is C14H9N7O3S2. The molecule has 0 aliphatic carbocycles. The van der Waals surface area contributed by atoms with E-state index in [0.29, 0.717) is 17.3 Å². The second-order valence-electron chi connectivity index (χ2n) is 5.06. The molecule has 4 heterocycles. The van der Waals surface area contributed by atoms with E-state index in [4.69, 9.17) is 0 Å². The van der Waals surface area contributed by atoms with Crippen molar-refractivity contribution in [2.24, 2.45) is 0 Å². The highest BCUT2D eigenvalue weighted by atomic mass is 32.2. The third-order valence-electron chi connectivity index (χ3n) is 3.43. The highest BCUT2D eigenvalue weighted by Crippen LogP contribution is 2.30. The Bertz CT molecular complexity index is 1150. The van der Waals surface area contributed by atoms with Crippen LogP contribution in [0, 0.1) is 10.1 Å². The molecule has 0 atom stereocenters. The summed E-state index contributed by atoms with van der Waals surface area (Å²) < 4.78 is 2.64. The first-order valence-electron chi connectivity index (χ1n) is 7.25. The summed E-state index contributed by atoms with van der Waals surface area (Å²) in [6.07, 6.45) is 1.44. The van der Waals surface area contributed by atoms with Crippen molar-refractivity contribution in [1.29, 1.82) is 0 Å². The lowest BCUT2D eigenvalue weighted by molar-refractivity contribution is -0.389. The second-order valence-corrected chi connectivity index (χ2v) is 7.05. The van der Waals surface area contributed by atoms with Crippen LogP contribution in [0.15, 0.2) is 56.9 Å². The molecule has 0 saturated carbocycles. The van der Waals surface area contributed by atoms with E-state index in [0.717, 1.165) is 21.0 Å². The molecule has 26 heavy (non-hydrogen) atoms. The Hall–Kier alpha value is -3.12. The average Bonchev–Trinajstić information content (AvgIpc) is 3.28. The fraction of sp³-hybridized carbons (Fsp3) is 0.0714. The number of pyridine rings is 1. The lowest BCUT2D eigenvalue weighted by Crippen LogP contribution is -2.19. The molecule has 0 bridgehead atoms. The summed E-state index contributed by atoms with van der Waals surface area (Å²) in [5.74, 6) is 0. The van der Waals surface area contributed by atoms with Crippen LogP contribution >= 0.6 is 23.1 Å². The average molecular weight is 387 g/mol. The molecular weight excluding hydrogens is 378 g/mol. The zero-order valence-corrected chi connectivity index (χ0v) is 14.6. The molecule has 4 aromatic heterocycles. The number of nitro groups is 1. The smallest absolute Gasteiger partial charge is 0.262 e. The molecule has 0 radical (unpaired) electrons. The molecule has 0 aromatic carbocycles. The predicted molar refractivity (Wildman–Crippen MR) is 93.5 cm³/mol. The first-order valence-corrected chi connectivity index (χ1v) is 8.95. The molecule has 0 spiro atoms. The minimum absolute atomic E-state index is 0.0478. The molecule has 0 fully saturated rings. The molecule has 130 valence electrons. The first kappa shape index (κ1) is 16.4. The van der Waals surface area contributed by atoms with Gasteiger partial charge in [-0.3, -0.25) is 19.3 Å². The largest absolute Gasteiger partial charge is 0.366 e. The lowest BCUT2D eigenvalue weighted by Gasteiger charge is -2.05. The van der Waals surface area contributed by atoms with E-state index in [1.54, 1.807) is 29.5 Å².